The summed E-state index contributed by atoms with van der Waals surface area (Å²) in [4.78, 5) is 17.0. The van der Waals surface area contributed by atoms with Crippen LogP contribution in [0.2, 0.25) is 0 Å². The summed E-state index contributed by atoms with van der Waals surface area (Å²) in [6.45, 7) is 5.24. The number of carbonyl (C=O) groups is 1. The zero-order chi connectivity index (χ0) is 11.4. The number of amides is 2. The molecule has 0 atom stereocenters. The first-order valence-corrected chi connectivity index (χ1v) is 5.28. The molecule has 88 valence electrons. The lowest BCUT2D eigenvalue weighted by Gasteiger charge is -2.13. The smallest absolute Gasteiger partial charge is 0.317 e. The van der Waals surface area contributed by atoms with E-state index in [1.54, 1.807) is 11.8 Å². The van der Waals surface area contributed by atoms with E-state index in [0.717, 1.165) is 19.6 Å². The molecule has 0 aliphatic carbocycles. The van der Waals surface area contributed by atoms with Crippen molar-refractivity contribution in [3.8, 4) is 0 Å². The molecule has 1 aliphatic heterocycles. The van der Waals surface area contributed by atoms with Gasteiger partial charge in [0.15, 0.2) is 5.82 Å². The van der Waals surface area contributed by atoms with E-state index < -0.39 is 0 Å². The average Bonchev–Trinajstić information content (AvgIpc) is 2.83. The molecule has 2 amide bonds. The maximum atomic E-state index is 11.2. The first-order valence-electron chi connectivity index (χ1n) is 5.28. The Bertz CT molecular complexity index is 365. The van der Waals surface area contributed by atoms with Gasteiger partial charge in [-0.1, -0.05) is 5.16 Å². The van der Waals surface area contributed by atoms with Crippen LogP contribution >= 0.6 is 0 Å². The van der Waals surface area contributed by atoms with Gasteiger partial charge in [0.1, 0.15) is 0 Å². The monoisotopic (exact) mass is 225 g/mol. The van der Waals surface area contributed by atoms with Crippen molar-refractivity contribution >= 4 is 6.03 Å². The Morgan fingerprint density at radius 3 is 3.12 bits per heavy atom. The maximum Gasteiger partial charge on any atom is 0.317 e. The molecule has 2 heterocycles. The summed E-state index contributed by atoms with van der Waals surface area (Å²) in [6.07, 6.45) is 0. The second-order valence-electron chi connectivity index (χ2n) is 3.63. The van der Waals surface area contributed by atoms with E-state index in [9.17, 15) is 4.79 Å². The molecule has 1 aromatic rings. The molecule has 0 aromatic carbocycles. The van der Waals surface area contributed by atoms with Crippen molar-refractivity contribution in [3.63, 3.8) is 0 Å². The number of urea groups is 1. The molecule has 7 heteroatoms. The molecule has 1 aliphatic rings. The van der Waals surface area contributed by atoms with Gasteiger partial charge >= 0.3 is 6.03 Å². The van der Waals surface area contributed by atoms with Crippen molar-refractivity contribution < 1.29 is 9.32 Å². The molecule has 7 nitrogen and oxygen atoms in total. The van der Waals surface area contributed by atoms with Crippen LogP contribution in [0.25, 0.3) is 0 Å². The van der Waals surface area contributed by atoms with Crippen LogP contribution in [0.4, 0.5) is 4.79 Å². The van der Waals surface area contributed by atoms with Crippen LogP contribution in [0.15, 0.2) is 4.52 Å². The highest BCUT2D eigenvalue weighted by atomic mass is 16.5. The highest BCUT2D eigenvalue weighted by molar-refractivity contribution is 5.76. The molecule has 0 spiro atoms. The van der Waals surface area contributed by atoms with Gasteiger partial charge < -0.3 is 20.1 Å². The predicted octanol–water partition coefficient (Wildman–Crippen LogP) is -0.507. The number of aryl methyl sites for hydroxylation is 1. The molecule has 2 rings (SSSR count). The third-order valence-corrected chi connectivity index (χ3v) is 2.35. The molecule has 1 fully saturated rings. The summed E-state index contributed by atoms with van der Waals surface area (Å²) < 4.78 is 4.94. The summed E-state index contributed by atoms with van der Waals surface area (Å²) in [7, 11) is 0. The van der Waals surface area contributed by atoms with Gasteiger partial charge in [0.05, 0.1) is 6.54 Å². The molecule has 1 aromatic heterocycles. The van der Waals surface area contributed by atoms with E-state index in [4.69, 9.17) is 4.52 Å². The van der Waals surface area contributed by atoms with Gasteiger partial charge in [-0.25, -0.2) is 4.79 Å². The summed E-state index contributed by atoms with van der Waals surface area (Å²) in [5.41, 5.74) is 0. The molecular weight excluding hydrogens is 210 g/mol. The van der Waals surface area contributed by atoms with Gasteiger partial charge in [0, 0.05) is 26.2 Å². The minimum absolute atomic E-state index is 0.00966. The summed E-state index contributed by atoms with van der Waals surface area (Å²) >= 11 is 0. The standard InChI is InChI=1S/C9H15N5O2/c1-7-12-8(16-13-7)6-10-2-4-14-5-3-11-9(14)15/h10H,2-6H2,1H3,(H,11,15). The minimum atomic E-state index is 0.00966. The van der Waals surface area contributed by atoms with Crippen molar-refractivity contribution in [2.24, 2.45) is 0 Å². The van der Waals surface area contributed by atoms with Crippen LogP contribution in [0.5, 0.6) is 0 Å². The molecule has 16 heavy (non-hydrogen) atoms. The van der Waals surface area contributed by atoms with Crippen LogP contribution in [0.3, 0.4) is 0 Å². The van der Waals surface area contributed by atoms with Gasteiger partial charge in [0.25, 0.3) is 0 Å². The average molecular weight is 225 g/mol. The third-order valence-electron chi connectivity index (χ3n) is 2.35. The molecular formula is C9H15N5O2. The molecule has 0 saturated carbocycles. The Balaban J connectivity index is 1.63. The van der Waals surface area contributed by atoms with Crippen molar-refractivity contribution in [1.82, 2.24) is 25.7 Å². The first-order chi connectivity index (χ1) is 7.75. The topological polar surface area (TPSA) is 83.3 Å². The van der Waals surface area contributed by atoms with E-state index in [-0.39, 0.29) is 6.03 Å². The van der Waals surface area contributed by atoms with E-state index in [2.05, 4.69) is 20.8 Å². The van der Waals surface area contributed by atoms with Crippen molar-refractivity contribution in [1.29, 1.82) is 0 Å². The Morgan fingerprint density at radius 2 is 2.50 bits per heavy atom. The van der Waals surface area contributed by atoms with Crippen molar-refractivity contribution in [2.75, 3.05) is 26.2 Å². The Kier molecular flexibility index (Phi) is 3.35. The second-order valence-corrected chi connectivity index (χ2v) is 3.63. The molecule has 0 radical (unpaired) electrons. The van der Waals surface area contributed by atoms with Gasteiger partial charge in [-0.05, 0) is 6.92 Å². The lowest BCUT2D eigenvalue weighted by molar-refractivity contribution is 0.217. The summed E-state index contributed by atoms with van der Waals surface area (Å²) in [6, 6.07) is 0.00966. The third kappa shape index (κ3) is 2.69. The van der Waals surface area contributed by atoms with Gasteiger partial charge in [-0.2, -0.15) is 4.98 Å². The number of hydrogen-bond donors (Lipinski definition) is 2. The molecule has 0 bridgehead atoms. The number of hydrogen-bond acceptors (Lipinski definition) is 5. The van der Waals surface area contributed by atoms with E-state index in [1.807, 2.05) is 0 Å². The van der Waals surface area contributed by atoms with Crippen molar-refractivity contribution in [2.45, 2.75) is 13.5 Å². The zero-order valence-corrected chi connectivity index (χ0v) is 9.19. The lowest BCUT2D eigenvalue weighted by atomic mass is 10.5. The number of aromatic nitrogens is 2. The van der Waals surface area contributed by atoms with Gasteiger partial charge in [-0.3, -0.25) is 0 Å². The zero-order valence-electron chi connectivity index (χ0n) is 9.19. The van der Waals surface area contributed by atoms with E-state index in [1.165, 1.54) is 0 Å². The maximum absolute atomic E-state index is 11.2. The van der Waals surface area contributed by atoms with E-state index >= 15 is 0 Å². The van der Waals surface area contributed by atoms with Crippen LogP contribution in [-0.4, -0.2) is 47.3 Å². The predicted molar refractivity (Wildman–Crippen MR) is 55.7 cm³/mol. The first kappa shape index (κ1) is 10.9. The van der Waals surface area contributed by atoms with Crippen LogP contribution < -0.4 is 10.6 Å². The largest absolute Gasteiger partial charge is 0.338 e. The van der Waals surface area contributed by atoms with Crippen LogP contribution in [-0.2, 0) is 6.54 Å². The Labute approximate surface area is 93.2 Å². The highest BCUT2D eigenvalue weighted by Gasteiger charge is 2.18. The van der Waals surface area contributed by atoms with Gasteiger partial charge in [-0.15, -0.1) is 0 Å². The van der Waals surface area contributed by atoms with E-state index in [0.29, 0.717) is 24.8 Å². The fourth-order valence-corrected chi connectivity index (χ4v) is 1.55. The number of rotatable bonds is 5. The molecule has 2 N–H and O–H groups in total. The summed E-state index contributed by atoms with van der Waals surface area (Å²) in [5, 5.41) is 9.58. The summed E-state index contributed by atoms with van der Waals surface area (Å²) in [5.74, 6) is 1.21. The number of nitrogens with zero attached hydrogens (tertiary/aromatic N) is 3. The van der Waals surface area contributed by atoms with Crippen LogP contribution in [0.1, 0.15) is 11.7 Å². The second kappa shape index (κ2) is 4.93. The van der Waals surface area contributed by atoms with Crippen molar-refractivity contribution in [3.05, 3.63) is 11.7 Å². The van der Waals surface area contributed by atoms with Gasteiger partial charge in [0.2, 0.25) is 5.89 Å². The normalized spacial score (nSPS) is 15.6. The molecule has 1 saturated heterocycles. The minimum Gasteiger partial charge on any atom is -0.338 e. The quantitative estimate of drug-likeness (QED) is 0.660. The fraction of sp³-hybridized carbons (Fsp3) is 0.667. The Morgan fingerprint density at radius 1 is 1.62 bits per heavy atom. The highest BCUT2D eigenvalue weighted by Crippen LogP contribution is 1.96. The number of carbonyl (C=O) groups excluding carboxylic acids is 1. The lowest BCUT2D eigenvalue weighted by Crippen LogP contribution is -2.34. The van der Waals surface area contributed by atoms with Crippen LogP contribution in [0, 0.1) is 6.92 Å². The number of nitrogens with one attached hydrogen (secondary N) is 2. The molecule has 0 unspecified atom stereocenters. The fourth-order valence-electron chi connectivity index (χ4n) is 1.55. The Hall–Kier alpha value is -1.63. The SMILES string of the molecule is Cc1noc(CNCCN2CCNC2=O)n1.